The molecule has 0 amide bonds. The normalized spacial score (nSPS) is 14.9. The van der Waals surface area contributed by atoms with E-state index in [4.69, 9.17) is 15.2 Å². The molecule has 3 N–H and O–H groups in total. The number of hydrogen-bond acceptors (Lipinski definition) is 6. The second-order valence-corrected chi connectivity index (χ2v) is 8.23. The van der Waals surface area contributed by atoms with E-state index in [9.17, 15) is 19.5 Å². The van der Waals surface area contributed by atoms with Gasteiger partial charge in [-0.05, 0) is 43.0 Å². The third-order valence-electron chi connectivity index (χ3n) is 4.91. The fraction of sp³-hybridized carbons (Fsp3) is 0.348. The molecule has 7 heteroatoms. The summed E-state index contributed by atoms with van der Waals surface area (Å²) in [5.41, 5.74) is 8.98. The molecule has 1 aliphatic rings. The zero-order valence-electron chi connectivity index (χ0n) is 17.1. The molecule has 0 saturated heterocycles. The zero-order valence-corrected chi connectivity index (χ0v) is 17.1. The van der Waals surface area contributed by atoms with Crippen LogP contribution in [0, 0.1) is 5.92 Å². The lowest BCUT2D eigenvalue weighted by Gasteiger charge is -2.24. The Morgan fingerprint density at radius 1 is 0.967 bits per heavy atom. The minimum Gasteiger partial charge on any atom is -0.481 e. The number of esters is 2. The van der Waals surface area contributed by atoms with Crippen molar-refractivity contribution in [2.24, 2.45) is 11.7 Å². The number of fused-ring (bicyclic) bond motifs is 3. The number of carboxylic acid groups (broad SMARTS) is 1. The zero-order chi connectivity index (χ0) is 22.1. The third kappa shape index (κ3) is 4.36. The van der Waals surface area contributed by atoms with Gasteiger partial charge in [-0.25, -0.2) is 0 Å². The average Bonchev–Trinajstić information content (AvgIpc) is 2.99. The number of benzene rings is 2. The van der Waals surface area contributed by atoms with Gasteiger partial charge in [0.1, 0.15) is 18.2 Å². The van der Waals surface area contributed by atoms with Crippen LogP contribution >= 0.6 is 0 Å². The molecule has 2 atom stereocenters. The maximum atomic E-state index is 12.6. The molecule has 2 aromatic rings. The highest BCUT2D eigenvalue weighted by molar-refractivity contribution is 5.99. The molecular formula is C23H25NO6. The van der Waals surface area contributed by atoms with Gasteiger partial charge in [-0.15, -0.1) is 0 Å². The van der Waals surface area contributed by atoms with E-state index in [-0.39, 0.29) is 12.5 Å². The molecule has 30 heavy (non-hydrogen) atoms. The van der Waals surface area contributed by atoms with Gasteiger partial charge in [0.2, 0.25) is 0 Å². The first-order valence-corrected chi connectivity index (χ1v) is 9.66. The van der Waals surface area contributed by atoms with Crippen LogP contribution in [-0.2, 0) is 23.9 Å². The molecule has 0 aromatic heterocycles. The summed E-state index contributed by atoms with van der Waals surface area (Å²) in [6, 6.07) is 13.9. The van der Waals surface area contributed by atoms with E-state index in [1.54, 1.807) is 20.8 Å². The van der Waals surface area contributed by atoms with Crippen LogP contribution in [0.1, 0.15) is 37.8 Å². The van der Waals surface area contributed by atoms with E-state index < -0.39 is 35.5 Å². The van der Waals surface area contributed by atoms with Crippen molar-refractivity contribution in [2.45, 2.75) is 38.3 Å². The maximum Gasteiger partial charge on any atom is 0.324 e. The second-order valence-electron chi connectivity index (χ2n) is 8.23. The van der Waals surface area contributed by atoms with E-state index in [0.717, 1.165) is 22.3 Å². The number of carbonyl (C=O) groups is 3. The predicted molar refractivity (Wildman–Crippen MR) is 110 cm³/mol. The number of aliphatic carboxylic acids is 1. The Hall–Kier alpha value is -3.19. The van der Waals surface area contributed by atoms with Gasteiger partial charge in [0.05, 0.1) is 0 Å². The van der Waals surface area contributed by atoms with Crippen LogP contribution in [0.4, 0.5) is 0 Å². The molecule has 0 saturated carbocycles. The standard InChI is InChI=1S/C23H25NO6/c1-23(2,3)30-22(28)19(24)18(20(25)26)21(27)29-12-17-15-10-6-4-8-13(15)14-9-5-7-11-16(14)17/h4-11,17-19H,12,24H2,1-3H3,(H,25,26)/t18?,19-/m0/s1. The largest absolute Gasteiger partial charge is 0.481 e. The quantitative estimate of drug-likeness (QED) is 0.554. The van der Waals surface area contributed by atoms with Gasteiger partial charge in [0.25, 0.3) is 0 Å². The molecular weight excluding hydrogens is 386 g/mol. The second kappa shape index (κ2) is 8.28. The highest BCUT2D eigenvalue weighted by atomic mass is 16.6. The number of nitrogens with two attached hydrogens (primary N) is 1. The van der Waals surface area contributed by atoms with Gasteiger partial charge >= 0.3 is 17.9 Å². The van der Waals surface area contributed by atoms with Crippen LogP contribution in [0.2, 0.25) is 0 Å². The minimum absolute atomic E-state index is 0.0579. The van der Waals surface area contributed by atoms with Crippen molar-refractivity contribution in [2.75, 3.05) is 6.61 Å². The van der Waals surface area contributed by atoms with Crippen LogP contribution in [-0.4, -0.2) is 41.3 Å². The van der Waals surface area contributed by atoms with Gasteiger partial charge in [-0.3, -0.25) is 14.4 Å². The summed E-state index contributed by atoms with van der Waals surface area (Å²) >= 11 is 0. The summed E-state index contributed by atoms with van der Waals surface area (Å²) in [4.78, 5) is 36.4. The lowest BCUT2D eigenvalue weighted by atomic mass is 9.97. The highest BCUT2D eigenvalue weighted by Crippen LogP contribution is 2.44. The van der Waals surface area contributed by atoms with E-state index in [1.807, 2.05) is 48.5 Å². The van der Waals surface area contributed by atoms with Crippen molar-refractivity contribution in [3.8, 4) is 11.1 Å². The van der Waals surface area contributed by atoms with E-state index in [0.29, 0.717) is 0 Å². The van der Waals surface area contributed by atoms with Crippen molar-refractivity contribution >= 4 is 17.9 Å². The van der Waals surface area contributed by atoms with Crippen molar-refractivity contribution < 1.29 is 29.0 Å². The number of carbonyl (C=O) groups excluding carboxylic acids is 2. The Morgan fingerprint density at radius 3 is 1.93 bits per heavy atom. The van der Waals surface area contributed by atoms with E-state index in [2.05, 4.69) is 0 Å². The minimum atomic E-state index is -1.85. The average molecular weight is 411 g/mol. The van der Waals surface area contributed by atoms with E-state index >= 15 is 0 Å². The Balaban J connectivity index is 1.77. The Bertz CT molecular complexity index is 932. The predicted octanol–water partition coefficient (Wildman–Crippen LogP) is 2.71. The van der Waals surface area contributed by atoms with Gasteiger partial charge < -0.3 is 20.3 Å². The van der Waals surface area contributed by atoms with Crippen LogP contribution in [0.15, 0.2) is 48.5 Å². The van der Waals surface area contributed by atoms with Crippen molar-refractivity contribution in [1.82, 2.24) is 0 Å². The smallest absolute Gasteiger partial charge is 0.324 e. The maximum absolute atomic E-state index is 12.6. The molecule has 0 heterocycles. The van der Waals surface area contributed by atoms with E-state index in [1.165, 1.54) is 0 Å². The summed E-state index contributed by atoms with van der Waals surface area (Å²) in [7, 11) is 0. The molecule has 0 spiro atoms. The number of carboxylic acids is 1. The molecule has 0 fully saturated rings. The third-order valence-corrected chi connectivity index (χ3v) is 4.91. The molecule has 0 aliphatic heterocycles. The fourth-order valence-electron chi connectivity index (χ4n) is 3.60. The summed E-state index contributed by atoms with van der Waals surface area (Å²) in [6.07, 6.45) is 0. The van der Waals surface area contributed by atoms with Crippen LogP contribution in [0.3, 0.4) is 0 Å². The first-order chi connectivity index (χ1) is 14.1. The summed E-state index contributed by atoms with van der Waals surface area (Å²) in [6.45, 7) is 4.82. The molecule has 0 bridgehead atoms. The number of hydrogen-bond donors (Lipinski definition) is 2. The lowest BCUT2D eigenvalue weighted by molar-refractivity contribution is -0.170. The van der Waals surface area contributed by atoms with Crippen LogP contribution in [0.5, 0.6) is 0 Å². The molecule has 1 aliphatic carbocycles. The SMILES string of the molecule is CC(C)(C)OC(=O)[C@@H](N)C(C(=O)O)C(=O)OCC1c2ccccc2-c2ccccc21. The van der Waals surface area contributed by atoms with Gasteiger partial charge in [-0.2, -0.15) is 0 Å². The van der Waals surface area contributed by atoms with Crippen LogP contribution < -0.4 is 5.73 Å². The number of ether oxygens (including phenoxy) is 2. The van der Waals surface area contributed by atoms with Gasteiger partial charge in [-0.1, -0.05) is 48.5 Å². The molecule has 3 rings (SSSR count). The fourth-order valence-corrected chi connectivity index (χ4v) is 3.60. The first-order valence-electron chi connectivity index (χ1n) is 9.66. The molecule has 2 aromatic carbocycles. The highest BCUT2D eigenvalue weighted by Gasteiger charge is 2.41. The molecule has 0 radical (unpaired) electrons. The van der Waals surface area contributed by atoms with Crippen molar-refractivity contribution in [3.05, 3.63) is 59.7 Å². The Morgan fingerprint density at radius 2 is 1.47 bits per heavy atom. The summed E-state index contributed by atoms with van der Waals surface area (Å²) < 4.78 is 10.5. The summed E-state index contributed by atoms with van der Waals surface area (Å²) in [5.74, 6) is -5.66. The van der Waals surface area contributed by atoms with Gasteiger partial charge in [0.15, 0.2) is 5.92 Å². The van der Waals surface area contributed by atoms with Crippen molar-refractivity contribution in [3.63, 3.8) is 0 Å². The van der Waals surface area contributed by atoms with Crippen molar-refractivity contribution in [1.29, 1.82) is 0 Å². The Labute approximate surface area is 174 Å². The van der Waals surface area contributed by atoms with Gasteiger partial charge in [0, 0.05) is 5.92 Å². The molecule has 7 nitrogen and oxygen atoms in total. The Kier molecular flexibility index (Phi) is 5.94. The first kappa shape index (κ1) is 21.5. The molecule has 158 valence electrons. The molecule has 1 unspecified atom stereocenters. The summed E-state index contributed by atoms with van der Waals surface area (Å²) in [5, 5.41) is 9.48. The topological polar surface area (TPSA) is 116 Å². The lowest BCUT2D eigenvalue weighted by Crippen LogP contribution is -2.49. The van der Waals surface area contributed by atoms with Crippen LogP contribution in [0.25, 0.3) is 11.1 Å². The monoisotopic (exact) mass is 411 g/mol. The number of rotatable bonds is 6.